The summed E-state index contributed by atoms with van der Waals surface area (Å²) >= 11 is 1.30. The number of hydrogen-bond acceptors (Lipinski definition) is 8. The number of para-hydroxylation sites is 1. The second-order valence-electron chi connectivity index (χ2n) is 7.38. The van der Waals surface area contributed by atoms with Crippen LogP contribution in [0.4, 0.5) is 5.82 Å². The number of ether oxygens (including phenoxy) is 2. The van der Waals surface area contributed by atoms with Gasteiger partial charge in [-0.15, -0.1) is 0 Å². The first-order valence-corrected chi connectivity index (χ1v) is 11.8. The number of aromatic nitrogens is 2. The molecule has 8 nitrogen and oxygen atoms in total. The van der Waals surface area contributed by atoms with E-state index in [2.05, 4.69) is 20.6 Å². The lowest BCUT2D eigenvalue weighted by atomic mass is 10.1. The topological polar surface area (TPSA) is 98.5 Å². The van der Waals surface area contributed by atoms with Crippen molar-refractivity contribution in [3.05, 3.63) is 72.2 Å². The predicted molar refractivity (Wildman–Crippen MR) is 133 cm³/mol. The third kappa shape index (κ3) is 5.99. The number of benzene rings is 2. The zero-order valence-corrected chi connectivity index (χ0v) is 19.9. The predicted octanol–water partition coefficient (Wildman–Crippen LogP) is 4.30. The molecule has 9 heteroatoms. The van der Waals surface area contributed by atoms with Crippen molar-refractivity contribution in [2.45, 2.75) is 18.1 Å². The molecule has 0 unspecified atom stereocenters. The number of fused-ring (bicyclic) bond motifs is 1. The van der Waals surface area contributed by atoms with Crippen molar-refractivity contribution >= 4 is 34.4 Å². The number of anilines is 1. The maximum Gasteiger partial charge on any atom is 0.230 e. The lowest BCUT2D eigenvalue weighted by molar-refractivity contribution is -0.118. The SMILES string of the molecule is COc1ccc(CCNc2nc(SCC(=O)NCc3ccco3)nc3ccccc23)cc1OC. The summed E-state index contributed by atoms with van der Waals surface area (Å²) in [5.74, 6) is 2.96. The molecule has 2 aromatic carbocycles. The van der Waals surface area contributed by atoms with Gasteiger partial charge in [0.1, 0.15) is 11.6 Å². The molecule has 2 aromatic heterocycles. The standard InChI is InChI=1S/C25H26N4O4S/c1-31-21-10-9-17(14-22(21)32-2)11-12-26-24-19-7-3-4-8-20(19)28-25(29-24)34-16-23(30)27-15-18-6-5-13-33-18/h3-10,13-14H,11-12,15-16H2,1-2H3,(H,27,30)(H,26,28,29). The quantitative estimate of drug-likeness (QED) is 0.243. The number of rotatable bonds is 11. The van der Waals surface area contributed by atoms with E-state index in [1.807, 2.05) is 48.5 Å². The van der Waals surface area contributed by atoms with Crippen LogP contribution in [0.1, 0.15) is 11.3 Å². The molecule has 0 atom stereocenters. The number of methoxy groups -OCH3 is 2. The molecular formula is C25H26N4O4S. The Hall–Kier alpha value is -3.72. The van der Waals surface area contributed by atoms with Crippen molar-refractivity contribution in [1.82, 2.24) is 15.3 Å². The van der Waals surface area contributed by atoms with Crippen molar-refractivity contribution in [2.75, 3.05) is 31.8 Å². The van der Waals surface area contributed by atoms with Crippen LogP contribution in [0.2, 0.25) is 0 Å². The Bertz CT molecular complexity index is 1250. The Labute approximate surface area is 202 Å². The molecule has 0 spiro atoms. The van der Waals surface area contributed by atoms with Gasteiger partial charge in [0, 0.05) is 11.9 Å². The van der Waals surface area contributed by atoms with Gasteiger partial charge in [-0.25, -0.2) is 9.97 Å². The average Bonchev–Trinajstić information content (AvgIpc) is 3.40. The smallest absolute Gasteiger partial charge is 0.230 e. The highest BCUT2D eigenvalue weighted by molar-refractivity contribution is 7.99. The largest absolute Gasteiger partial charge is 0.493 e. The van der Waals surface area contributed by atoms with E-state index >= 15 is 0 Å². The van der Waals surface area contributed by atoms with Crippen molar-refractivity contribution in [2.24, 2.45) is 0 Å². The van der Waals surface area contributed by atoms with Crippen molar-refractivity contribution in [3.63, 3.8) is 0 Å². The number of thioether (sulfide) groups is 1. The highest BCUT2D eigenvalue weighted by Gasteiger charge is 2.11. The Balaban J connectivity index is 1.40. The maximum atomic E-state index is 12.2. The summed E-state index contributed by atoms with van der Waals surface area (Å²) in [4.78, 5) is 21.5. The molecule has 2 N–H and O–H groups in total. The minimum atomic E-state index is -0.110. The first-order chi connectivity index (χ1) is 16.7. The molecule has 4 aromatic rings. The Morgan fingerprint density at radius 2 is 1.88 bits per heavy atom. The molecule has 176 valence electrons. The highest BCUT2D eigenvalue weighted by atomic mass is 32.2. The molecule has 0 radical (unpaired) electrons. The molecule has 4 rings (SSSR count). The lowest BCUT2D eigenvalue weighted by Crippen LogP contribution is -2.24. The molecule has 0 aliphatic carbocycles. The van der Waals surface area contributed by atoms with Gasteiger partial charge in [0.2, 0.25) is 5.91 Å². The monoisotopic (exact) mass is 478 g/mol. The van der Waals surface area contributed by atoms with Crippen LogP contribution < -0.4 is 20.1 Å². The van der Waals surface area contributed by atoms with Gasteiger partial charge >= 0.3 is 0 Å². The van der Waals surface area contributed by atoms with Gasteiger partial charge in [0.05, 0.1) is 38.3 Å². The van der Waals surface area contributed by atoms with Crippen molar-refractivity contribution < 1.29 is 18.7 Å². The molecule has 0 saturated heterocycles. The Morgan fingerprint density at radius 3 is 2.68 bits per heavy atom. The summed E-state index contributed by atoms with van der Waals surface area (Å²) in [6.07, 6.45) is 2.36. The summed E-state index contributed by atoms with van der Waals surface area (Å²) in [5.41, 5.74) is 1.94. The fourth-order valence-corrected chi connectivity index (χ4v) is 4.08. The Kier molecular flexibility index (Phi) is 7.87. The van der Waals surface area contributed by atoms with Crippen LogP contribution in [0, 0.1) is 0 Å². The van der Waals surface area contributed by atoms with Crippen molar-refractivity contribution in [3.8, 4) is 11.5 Å². The number of carbonyl (C=O) groups excluding carboxylic acids is 1. The zero-order valence-electron chi connectivity index (χ0n) is 19.0. The van der Waals surface area contributed by atoms with Gasteiger partial charge in [-0.05, 0) is 48.4 Å². The third-order valence-electron chi connectivity index (χ3n) is 5.11. The van der Waals surface area contributed by atoms with E-state index in [0.717, 1.165) is 28.7 Å². The maximum absolute atomic E-state index is 12.2. The van der Waals surface area contributed by atoms with Gasteiger partial charge in [0.15, 0.2) is 16.7 Å². The van der Waals surface area contributed by atoms with Gasteiger partial charge in [-0.1, -0.05) is 30.0 Å². The van der Waals surface area contributed by atoms with E-state index in [4.69, 9.17) is 13.9 Å². The summed E-state index contributed by atoms with van der Waals surface area (Å²) in [6.45, 7) is 1.03. The van der Waals surface area contributed by atoms with E-state index in [0.29, 0.717) is 35.5 Å². The number of nitrogens with zero attached hydrogens (tertiary/aromatic N) is 2. The highest BCUT2D eigenvalue weighted by Crippen LogP contribution is 2.28. The fourth-order valence-electron chi connectivity index (χ4n) is 3.40. The normalized spacial score (nSPS) is 10.8. The van der Waals surface area contributed by atoms with Gasteiger partial charge in [-0.2, -0.15) is 0 Å². The number of carbonyl (C=O) groups is 1. The number of amides is 1. The molecule has 0 aliphatic heterocycles. The van der Waals surface area contributed by atoms with Crippen LogP contribution in [0.25, 0.3) is 10.9 Å². The summed E-state index contributed by atoms with van der Waals surface area (Å²) in [6, 6.07) is 17.3. The summed E-state index contributed by atoms with van der Waals surface area (Å²) in [7, 11) is 3.25. The summed E-state index contributed by atoms with van der Waals surface area (Å²) in [5, 5.41) is 7.73. The number of hydrogen-bond donors (Lipinski definition) is 2. The molecule has 1 amide bonds. The van der Waals surface area contributed by atoms with E-state index in [9.17, 15) is 4.79 Å². The molecule has 2 heterocycles. The first kappa shape index (κ1) is 23.4. The summed E-state index contributed by atoms with van der Waals surface area (Å²) < 4.78 is 15.9. The lowest BCUT2D eigenvalue weighted by Gasteiger charge is -2.12. The van der Waals surface area contributed by atoms with Crippen molar-refractivity contribution in [1.29, 1.82) is 0 Å². The first-order valence-electron chi connectivity index (χ1n) is 10.8. The molecule has 0 bridgehead atoms. The molecule has 0 aliphatic rings. The van der Waals surface area contributed by atoms with Crippen LogP contribution >= 0.6 is 11.8 Å². The van der Waals surface area contributed by atoms with Crippen LogP contribution in [0.15, 0.2) is 70.4 Å². The fraction of sp³-hybridized carbons (Fsp3) is 0.240. The molecular weight excluding hydrogens is 452 g/mol. The molecule has 0 saturated carbocycles. The van der Waals surface area contributed by atoms with Crippen LogP contribution in [0.3, 0.4) is 0 Å². The minimum absolute atomic E-state index is 0.110. The van der Waals surface area contributed by atoms with E-state index in [1.165, 1.54) is 11.8 Å². The number of nitrogens with one attached hydrogen (secondary N) is 2. The van der Waals surface area contributed by atoms with Gasteiger partial charge < -0.3 is 24.5 Å². The van der Waals surface area contributed by atoms with E-state index in [1.54, 1.807) is 26.5 Å². The molecule has 0 fully saturated rings. The van der Waals surface area contributed by atoms with Gasteiger partial charge in [-0.3, -0.25) is 4.79 Å². The van der Waals surface area contributed by atoms with Crippen LogP contribution in [0.5, 0.6) is 11.5 Å². The van der Waals surface area contributed by atoms with Crippen LogP contribution in [-0.4, -0.2) is 42.4 Å². The van der Waals surface area contributed by atoms with Gasteiger partial charge in [0.25, 0.3) is 0 Å². The molecule has 34 heavy (non-hydrogen) atoms. The number of furan rings is 1. The second kappa shape index (κ2) is 11.4. The zero-order chi connectivity index (χ0) is 23.8. The average molecular weight is 479 g/mol. The second-order valence-corrected chi connectivity index (χ2v) is 8.33. The van der Waals surface area contributed by atoms with E-state index in [-0.39, 0.29) is 11.7 Å². The third-order valence-corrected chi connectivity index (χ3v) is 5.96. The van der Waals surface area contributed by atoms with E-state index < -0.39 is 0 Å². The Morgan fingerprint density at radius 1 is 1.03 bits per heavy atom. The minimum Gasteiger partial charge on any atom is -0.493 e. The van der Waals surface area contributed by atoms with Crippen LogP contribution in [-0.2, 0) is 17.8 Å².